The highest BCUT2D eigenvalue weighted by Gasteiger charge is 2.27. The number of hydrogen-bond donors (Lipinski definition) is 1. The highest BCUT2D eigenvalue weighted by Crippen LogP contribution is 2.35. The average Bonchev–Trinajstić information content (AvgIpc) is 3.29. The number of aromatic nitrogens is 1. The minimum Gasteiger partial charge on any atom is -0.389 e. The third-order valence-electron chi connectivity index (χ3n) is 6.73. The van der Waals surface area contributed by atoms with Gasteiger partial charge in [0.15, 0.2) is 0 Å². The smallest absolute Gasteiger partial charge is 0.232 e. The first-order valence-electron chi connectivity index (χ1n) is 13.3. The Morgan fingerprint density at radius 3 is 2.47 bits per heavy atom. The molecule has 1 unspecified atom stereocenters. The normalized spacial score (nSPS) is 14.6. The van der Waals surface area contributed by atoms with Gasteiger partial charge in [-0.05, 0) is 50.3 Å². The van der Waals surface area contributed by atoms with Gasteiger partial charge < -0.3 is 19.3 Å². The van der Waals surface area contributed by atoms with Crippen molar-refractivity contribution in [2.75, 3.05) is 31.1 Å². The molecule has 0 amide bonds. The van der Waals surface area contributed by atoms with Crippen LogP contribution in [0.4, 0.5) is 5.88 Å². The molecule has 1 N–H and O–H groups in total. The number of anilines is 1. The molecule has 6 heteroatoms. The highest BCUT2D eigenvalue weighted by molar-refractivity contribution is 5.68. The molecule has 1 aliphatic heterocycles. The van der Waals surface area contributed by atoms with Crippen molar-refractivity contribution in [3.63, 3.8) is 0 Å². The second kappa shape index (κ2) is 12.5. The summed E-state index contributed by atoms with van der Waals surface area (Å²) in [5, 5.41) is 15.3. The van der Waals surface area contributed by atoms with Crippen LogP contribution in [0.25, 0.3) is 11.3 Å². The van der Waals surface area contributed by atoms with Gasteiger partial charge in [0.2, 0.25) is 5.88 Å². The Kier molecular flexibility index (Phi) is 9.19. The molecule has 2 aromatic carbocycles. The molecule has 1 aliphatic rings. The van der Waals surface area contributed by atoms with Crippen LogP contribution in [-0.2, 0) is 24.2 Å². The molecule has 0 aliphatic carbocycles. The highest BCUT2D eigenvalue weighted by atomic mass is 16.5. The second-order valence-electron chi connectivity index (χ2n) is 10.6. The number of aliphatic hydroxyl groups is 1. The van der Waals surface area contributed by atoms with Crippen LogP contribution in [0.1, 0.15) is 50.8 Å². The fourth-order valence-corrected chi connectivity index (χ4v) is 4.74. The van der Waals surface area contributed by atoms with E-state index in [9.17, 15) is 5.11 Å². The molecule has 0 fully saturated rings. The Morgan fingerprint density at radius 1 is 1.03 bits per heavy atom. The number of nitrogens with zero attached hydrogens (tertiary/aromatic N) is 3. The summed E-state index contributed by atoms with van der Waals surface area (Å²) in [6, 6.07) is 18.9. The molecular formula is C30H41N3O3. The molecule has 36 heavy (non-hydrogen) atoms. The zero-order valence-electron chi connectivity index (χ0n) is 22.2. The van der Waals surface area contributed by atoms with E-state index in [2.05, 4.69) is 65.2 Å². The summed E-state index contributed by atoms with van der Waals surface area (Å²) in [5.74, 6) is 1.41. The number of benzene rings is 2. The van der Waals surface area contributed by atoms with E-state index < -0.39 is 6.10 Å². The lowest BCUT2D eigenvalue weighted by atomic mass is 9.99. The molecule has 1 aromatic heterocycles. The number of rotatable bonds is 12. The Hall–Kier alpha value is -2.67. The topological polar surface area (TPSA) is 62.0 Å². The first-order valence-corrected chi connectivity index (χ1v) is 13.3. The Morgan fingerprint density at radius 2 is 1.75 bits per heavy atom. The van der Waals surface area contributed by atoms with E-state index in [1.54, 1.807) is 0 Å². The number of ether oxygens (including phenoxy) is 1. The van der Waals surface area contributed by atoms with Crippen molar-refractivity contribution >= 4 is 5.88 Å². The predicted octanol–water partition coefficient (Wildman–Crippen LogP) is 5.54. The van der Waals surface area contributed by atoms with E-state index in [0.717, 1.165) is 55.2 Å². The summed E-state index contributed by atoms with van der Waals surface area (Å²) >= 11 is 0. The van der Waals surface area contributed by atoms with E-state index in [-0.39, 0.29) is 6.10 Å². The number of aliphatic hydroxyl groups excluding tert-OH is 1. The van der Waals surface area contributed by atoms with E-state index >= 15 is 0 Å². The number of hydrogen-bond acceptors (Lipinski definition) is 6. The fraction of sp³-hybridized carbons (Fsp3) is 0.500. The third-order valence-corrected chi connectivity index (χ3v) is 6.73. The van der Waals surface area contributed by atoms with Crippen molar-refractivity contribution in [2.24, 2.45) is 5.92 Å². The summed E-state index contributed by atoms with van der Waals surface area (Å²) in [6.45, 7) is 12.6. The standard InChI is InChI=1S/C30H41N3O3/c1-22(2)14-16-32(19-27(34)21-35-23(3)4)20-28-29(25-11-6-5-7-12-25)31-36-30(28)33-17-15-24-10-8-9-13-26(24)18-33/h5-13,22-23,27,34H,14-21H2,1-4H3. The van der Waals surface area contributed by atoms with Crippen LogP contribution in [0.2, 0.25) is 0 Å². The maximum atomic E-state index is 10.8. The lowest BCUT2D eigenvalue weighted by Gasteiger charge is -2.30. The largest absolute Gasteiger partial charge is 0.389 e. The van der Waals surface area contributed by atoms with Crippen LogP contribution in [0.5, 0.6) is 0 Å². The molecule has 194 valence electrons. The maximum absolute atomic E-state index is 10.8. The Bertz CT molecular complexity index is 1080. The van der Waals surface area contributed by atoms with Crippen molar-refractivity contribution in [3.8, 4) is 11.3 Å². The molecule has 0 spiro atoms. The van der Waals surface area contributed by atoms with Crippen molar-refractivity contribution in [1.29, 1.82) is 0 Å². The second-order valence-corrected chi connectivity index (χ2v) is 10.6. The van der Waals surface area contributed by atoms with Crippen LogP contribution in [0.3, 0.4) is 0 Å². The van der Waals surface area contributed by atoms with E-state index in [1.165, 1.54) is 11.1 Å². The minimum absolute atomic E-state index is 0.0973. The van der Waals surface area contributed by atoms with Crippen molar-refractivity contribution in [1.82, 2.24) is 10.1 Å². The third kappa shape index (κ3) is 6.96. The average molecular weight is 492 g/mol. The first kappa shape index (κ1) is 26.4. The summed E-state index contributed by atoms with van der Waals surface area (Å²) < 4.78 is 11.8. The molecule has 0 saturated heterocycles. The van der Waals surface area contributed by atoms with E-state index in [4.69, 9.17) is 9.26 Å². The molecular weight excluding hydrogens is 450 g/mol. The minimum atomic E-state index is -0.551. The Labute approximate surface area is 215 Å². The summed E-state index contributed by atoms with van der Waals surface area (Å²) in [4.78, 5) is 4.64. The molecule has 0 saturated carbocycles. The van der Waals surface area contributed by atoms with Gasteiger partial charge in [-0.3, -0.25) is 4.90 Å². The van der Waals surface area contributed by atoms with E-state index in [0.29, 0.717) is 25.6 Å². The van der Waals surface area contributed by atoms with Crippen molar-refractivity contribution in [3.05, 3.63) is 71.3 Å². The monoisotopic (exact) mass is 491 g/mol. The fourth-order valence-electron chi connectivity index (χ4n) is 4.74. The van der Waals surface area contributed by atoms with Crippen LogP contribution >= 0.6 is 0 Å². The van der Waals surface area contributed by atoms with Crippen LogP contribution in [-0.4, -0.2) is 53.6 Å². The lowest BCUT2D eigenvalue weighted by molar-refractivity contribution is -0.00996. The van der Waals surface area contributed by atoms with Gasteiger partial charge in [0.05, 0.1) is 24.4 Å². The van der Waals surface area contributed by atoms with Crippen LogP contribution in [0, 0.1) is 5.92 Å². The zero-order chi connectivity index (χ0) is 25.5. The van der Waals surface area contributed by atoms with Gasteiger partial charge in [0.25, 0.3) is 0 Å². The van der Waals surface area contributed by atoms with Gasteiger partial charge in [-0.25, -0.2) is 0 Å². The molecule has 3 aromatic rings. The van der Waals surface area contributed by atoms with Crippen LogP contribution < -0.4 is 4.90 Å². The SMILES string of the molecule is CC(C)CCN(Cc1c(-c2ccccc2)noc1N1CCc2ccccc2C1)CC(O)COC(C)C. The van der Waals surface area contributed by atoms with Crippen molar-refractivity contribution < 1.29 is 14.4 Å². The molecule has 1 atom stereocenters. The lowest BCUT2D eigenvalue weighted by Crippen LogP contribution is -2.37. The molecule has 0 bridgehead atoms. The van der Waals surface area contributed by atoms with Crippen LogP contribution in [0.15, 0.2) is 59.1 Å². The van der Waals surface area contributed by atoms with Gasteiger partial charge in [0.1, 0.15) is 5.69 Å². The number of fused-ring (bicyclic) bond motifs is 1. The van der Waals surface area contributed by atoms with E-state index in [1.807, 2.05) is 32.0 Å². The van der Waals surface area contributed by atoms with Gasteiger partial charge in [0, 0.05) is 31.7 Å². The van der Waals surface area contributed by atoms with Crippen molar-refractivity contribution in [2.45, 2.75) is 65.8 Å². The summed E-state index contributed by atoms with van der Waals surface area (Å²) in [5.41, 5.74) is 5.76. The summed E-state index contributed by atoms with van der Waals surface area (Å²) in [6.07, 6.45) is 1.58. The molecule has 0 radical (unpaired) electrons. The molecule has 4 rings (SSSR count). The zero-order valence-corrected chi connectivity index (χ0v) is 22.2. The predicted molar refractivity (Wildman–Crippen MR) is 145 cm³/mol. The van der Waals surface area contributed by atoms with Gasteiger partial charge in [-0.2, -0.15) is 0 Å². The van der Waals surface area contributed by atoms with Gasteiger partial charge in [-0.1, -0.05) is 73.6 Å². The summed E-state index contributed by atoms with van der Waals surface area (Å²) in [7, 11) is 0. The molecule has 2 heterocycles. The Balaban J connectivity index is 1.63. The molecule has 6 nitrogen and oxygen atoms in total. The quantitative estimate of drug-likeness (QED) is 0.359. The maximum Gasteiger partial charge on any atom is 0.232 e. The van der Waals surface area contributed by atoms with Gasteiger partial charge >= 0.3 is 0 Å². The first-order chi connectivity index (χ1) is 17.4. The van der Waals surface area contributed by atoms with Gasteiger partial charge in [-0.15, -0.1) is 0 Å².